The van der Waals surface area contributed by atoms with Gasteiger partial charge in [-0.05, 0) is 36.4 Å². The topological polar surface area (TPSA) is 107 Å². The summed E-state index contributed by atoms with van der Waals surface area (Å²) in [7, 11) is -3.77. The van der Waals surface area contributed by atoms with Gasteiger partial charge in [-0.25, -0.2) is 22.9 Å². The summed E-state index contributed by atoms with van der Waals surface area (Å²) in [5.74, 6) is -0.729. The first kappa shape index (κ1) is 16.1. The Hall–Kier alpha value is -2.78. The van der Waals surface area contributed by atoms with Gasteiger partial charge in [0.25, 0.3) is 0 Å². The predicted octanol–water partition coefficient (Wildman–Crippen LogP) is 1.30. The molecule has 0 saturated carbocycles. The molecule has 0 unspecified atom stereocenters. The lowest BCUT2D eigenvalue weighted by Crippen LogP contribution is -2.15. The number of fused-ring (bicyclic) bond motifs is 1. The number of halogens is 1. The molecule has 2 aromatic heterocycles. The Bertz CT molecular complexity index is 1010. The van der Waals surface area contributed by atoms with Crippen LogP contribution in [0.15, 0.2) is 53.7 Å². The van der Waals surface area contributed by atoms with Crippen molar-refractivity contribution in [3.63, 3.8) is 0 Å². The maximum Gasteiger partial charge on any atom is 0.238 e. The standard InChI is InChI=1S/C15H13FN4O3S/c16-10-1-6-14-18-12(9-20(14)8-10)7-15(21)19-11-2-4-13(5-3-11)24(17,22)23/h1-6,8-9H,7H2,(H,19,21)(H2,17,22,23). The van der Waals surface area contributed by atoms with Crippen molar-refractivity contribution in [3.05, 3.63) is 60.3 Å². The second-order valence-corrected chi connectivity index (χ2v) is 6.70. The van der Waals surface area contributed by atoms with E-state index in [1.165, 1.54) is 47.0 Å². The van der Waals surface area contributed by atoms with Crippen LogP contribution in [0.2, 0.25) is 0 Å². The van der Waals surface area contributed by atoms with E-state index in [0.29, 0.717) is 17.0 Å². The first-order valence-electron chi connectivity index (χ1n) is 6.87. The Labute approximate surface area is 137 Å². The Kier molecular flexibility index (Phi) is 4.04. The Morgan fingerprint density at radius 1 is 1.17 bits per heavy atom. The number of benzene rings is 1. The smallest absolute Gasteiger partial charge is 0.238 e. The van der Waals surface area contributed by atoms with Gasteiger partial charge >= 0.3 is 0 Å². The molecular weight excluding hydrogens is 335 g/mol. The number of anilines is 1. The fraction of sp³-hybridized carbons (Fsp3) is 0.0667. The van der Waals surface area contributed by atoms with Crippen LogP contribution in [-0.4, -0.2) is 23.7 Å². The number of carbonyl (C=O) groups is 1. The number of primary sulfonamides is 1. The van der Waals surface area contributed by atoms with E-state index >= 15 is 0 Å². The molecule has 3 rings (SSSR count). The van der Waals surface area contributed by atoms with E-state index in [1.807, 2.05) is 0 Å². The Balaban J connectivity index is 1.70. The summed E-state index contributed by atoms with van der Waals surface area (Å²) in [6.45, 7) is 0. The first-order chi connectivity index (χ1) is 11.3. The average molecular weight is 348 g/mol. The van der Waals surface area contributed by atoms with Crippen LogP contribution < -0.4 is 10.5 Å². The van der Waals surface area contributed by atoms with E-state index in [-0.39, 0.29) is 17.2 Å². The van der Waals surface area contributed by atoms with Crippen molar-refractivity contribution in [1.82, 2.24) is 9.38 Å². The Morgan fingerprint density at radius 2 is 1.88 bits per heavy atom. The van der Waals surface area contributed by atoms with Gasteiger partial charge in [0.1, 0.15) is 11.5 Å². The van der Waals surface area contributed by atoms with Crippen molar-refractivity contribution in [2.24, 2.45) is 5.14 Å². The molecule has 1 aromatic carbocycles. The van der Waals surface area contributed by atoms with Crippen LogP contribution in [0, 0.1) is 5.82 Å². The zero-order chi connectivity index (χ0) is 17.3. The van der Waals surface area contributed by atoms with Crippen molar-refractivity contribution in [2.45, 2.75) is 11.3 Å². The lowest BCUT2D eigenvalue weighted by atomic mass is 10.3. The van der Waals surface area contributed by atoms with Crippen molar-refractivity contribution in [2.75, 3.05) is 5.32 Å². The zero-order valence-corrected chi connectivity index (χ0v) is 13.1. The largest absolute Gasteiger partial charge is 0.326 e. The summed E-state index contributed by atoms with van der Waals surface area (Å²) in [6.07, 6.45) is 2.85. The lowest BCUT2D eigenvalue weighted by molar-refractivity contribution is -0.115. The molecular formula is C15H13FN4O3S. The number of nitrogens with two attached hydrogens (primary N) is 1. The van der Waals surface area contributed by atoms with E-state index in [1.54, 1.807) is 6.20 Å². The van der Waals surface area contributed by atoms with Gasteiger partial charge in [-0.15, -0.1) is 0 Å². The van der Waals surface area contributed by atoms with Crippen molar-refractivity contribution in [3.8, 4) is 0 Å². The van der Waals surface area contributed by atoms with E-state index in [9.17, 15) is 17.6 Å². The molecule has 3 N–H and O–H groups in total. The minimum Gasteiger partial charge on any atom is -0.326 e. The number of sulfonamides is 1. The molecule has 0 fully saturated rings. The molecule has 0 aliphatic carbocycles. The summed E-state index contributed by atoms with van der Waals surface area (Å²) in [4.78, 5) is 16.2. The van der Waals surface area contributed by atoms with Crippen molar-refractivity contribution in [1.29, 1.82) is 0 Å². The molecule has 24 heavy (non-hydrogen) atoms. The lowest BCUT2D eigenvalue weighted by Gasteiger charge is -2.05. The summed E-state index contributed by atoms with van der Waals surface area (Å²) in [5, 5.41) is 7.63. The fourth-order valence-electron chi connectivity index (χ4n) is 2.20. The van der Waals surface area contributed by atoms with Crippen LogP contribution in [0.4, 0.5) is 10.1 Å². The number of imidazole rings is 1. The molecule has 0 aliphatic heterocycles. The van der Waals surface area contributed by atoms with Crippen LogP contribution in [0.3, 0.4) is 0 Å². The van der Waals surface area contributed by atoms with E-state index in [4.69, 9.17) is 5.14 Å². The third-order valence-corrected chi connectivity index (χ3v) is 4.20. The maximum atomic E-state index is 13.1. The quantitative estimate of drug-likeness (QED) is 0.741. The molecule has 7 nitrogen and oxygen atoms in total. The van der Waals surface area contributed by atoms with Gasteiger partial charge in [-0.3, -0.25) is 4.79 Å². The summed E-state index contributed by atoms with van der Waals surface area (Å²) in [6, 6.07) is 8.30. The number of hydrogen-bond acceptors (Lipinski definition) is 4. The molecule has 0 radical (unpaired) electrons. The molecule has 0 bridgehead atoms. The normalized spacial score (nSPS) is 11.6. The van der Waals surface area contributed by atoms with E-state index < -0.39 is 15.8 Å². The zero-order valence-electron chi connectivity index (χ0n) is 12.3. The van der Waals surface area contributed by atoms with Gasteiger partial charge < -0.3 is 9.72 Å². The van der Waals surface area contributed by atoms with Gasteiger partial charge in [0, 0.05) is 18.1 Å². The number of rotatable bonds is 4. The molecule has 0 saturated heterocycles. The van der Waals surface area contributed by atoms with Crippen molar-refractivity contribution < 1.29 is 17.6 Å². The number of amides is 1. The third kappa shape index (κ3) is 3.58. The summed E-state index contributed by atoms with van der Waals surface area (Å²) < 4.78 is 37.0. The summed E-state index contributed by atoms with van der Waals surface area (Å²) in [5.41, 5.74) is 1.46. The number of nitrogens with one attached hydrogen (secondary N) is 1. The van der Waals surface area contributed by atoms with Gasteiger partial charge in [0.15, 0.2) is 0 Å². The molecule has 0 spiro atoms. The number of aromatic nitrogens is 2. The van der Waals surface area contributed by atoms with Crippen molar-refractivity contribution >= 4 is 27.3 Å². The monoisotopic (exact) mass is 348 g/mol. The van der Waals surface area contributed by atoms with Crippen LogP contribution in [0.1, 0.15) is 5.69 Å². The first-order valence-corrected chi connectivity index (χ1v) is 8.42. The average Bonchev–Trinajstić information content (AvgIpc) is 2.87. The number of carbonyl (C=O) groups excluding carboxylic acids is 1. The molecule has 3 aromatic rings. The molecule has 0 atom stereocenters. The molecule has 9 heteroatoms. The van der Waals surface area contributed by atoms with Crippen LogP contribution in [-0.2, 0) is 21.2 Å². The molecule has 124 valence electrons. The Morgan fingerprint density at radius 3 is 2.54 bits per heavy atom. The highest BCUT2D eigenvalue weighted by molar-refractivity contribution is 7.89. The van der Waals surface area contributed by atoms with Crippen LogP contribution >= 0.6 is 0 Å². The predicted molar refractivity (Wildman–Crippen MR) is 85.3 cm³/mol. The van der Waals surface area contributed by atoms with Gasteiger partial charge in [0.2, 0.25) is 15.9 Å². The van der Waals surface area contributed by atoms with E-state index in [0.717, 1.165) is 0 Å². The maximum absolute atomic E-state index is 13.1. The SMILES string of the molecule is NS(=O)(=O)c1ccc(NC(=O)Cc2cn3cc(F)ccc3n2)cc1. The fourth-order valence-corrected chi connectivity index (χ4v) is 2.72. The van der Waals surface area contributed by atoms with Crippen LogP contribution in [0.5, 0.6) is 0 Å². The van der Waals surface area contributed by atoms with Gasteiger partial charge in [0.05, 0.1) is 17.0 Å². The highest BCUT2D eigenvalue weighted by Crippen LogP contribution is 2.13. The third-order valence-electron chi connectivity index (χ3n) is 3.27. The minimum absolute atomic E-state index is 0.000236. The molecule has 1 amide bonds. The van der Waals surface area contributed by atoms with E-state index in [2.05, 4.69) is 10.3 Å². The number of nitrogens with zero attached hydrogens (tertiary/aromatic N) is 2. The van der Waals surface area contributed by atoms with Gasteiger partial charge in [-0.2, -0.15) is 0 Å². The molecule has 0 aliphatic rings. The second kappa shape index (κ2) is 6.02. The molecule has 2 heterocycles. The summed E-state index contributed by atoms with van der Waals surface area (Å²) >= 11 is 0. The van der Waals surface area contributed by atoms with Gasteiger partial charge in [-0.1, -0.05) is 0 Å². The highest BCUT2D eigenvalue weighted by Gasteiger charge is 2.10. The number of hydrogen-bond donors (Lipinski definition) is 2. The second-order valence-electron chi connectivity index (χ2n) is 5.14. The number of pyridine rings is 1. The van der Waals surface area contributed by atoms with Crippen LogP contribution in [0.25, 0.3) is 5.65 Å². The highest BCUT2D eigenvalue weighted by atomic mass is 32.2. The minimum atomic E-state index is -3.77.